The van der Waals surface area contributed by atoms with Gasteiger partial charge < -0.3 is 9.64 Å². The maximum Gasteiger partial charge on any atom is 0.239 e. The van der Waals surface area contributed by atoms with Crippen molar-refractivity contribution >= 4 is 17.5 Å². The number of carbonyl (C=O) groups excluding carboxylic acids is 1. The van der Waals surface area contributed by atoms with Crippen molar-refractivity contribution in [1.29, 1.82) is 0 Å². The fourth-order valence-electron chi connectivity index (χ4n) is 2.16. The van der Waals surface area contributed by atoms with Gasteiger partial charge in [0.1, 0.15) is 5.82 Å². The van der Waals surface area contributed by atoms with Gasteiger partial charge in [-0.1, -0.05) is 17.7 Å². The van der Waals surface area contributed by atoms with Crippen LogP contribution in [-0.4, -0.2) is 56.1 Å². The second-order valence-electron chi connectivity index (χ2n) is 5.40. The molecular weight excluding hydrogens is 307 g/mol. The van der Waals surface area contributed by atoms with Crippen LogP contribution in [0.25, 0.3) is 0 Å². The van der Waals surface area contributed by atoms with Gasteiger partial charge in [-0.05, 0) is 32.5 Å². The first-order valence-corrected chi connectivity index (χ1v) is 7.63. The summed E-state index contributed by atoms with van der Waals surface area (Å²) in [6, 6.07) is 4.24. The minimum absolute atomic E-state index is 0.0702. The number of benzene rings is 1. The van der Waals surface area contributed by atoms with Gasteiger partial charge in [-0.25, -0.2) is 4.39 Å². The summed E-state index contributed by atoms with van der Waals surface area (Å²) in [4.78, 5) is 15.9. The van der Waals surface area contributed by atoms with Gasteiger partial charge in [0, 0.05) is 44.4 Å². The molecule has 0 fully saturated rings. The molecule has 1 aromatic carbocycles. The molecule has 22 heavy (non-hydrogen) atoms. The first kappa shape index (κ1) is 18.9. The van der Waals surface area contributed by atoms with Crippen LogP contribution in [0.15, 0.2) is 18.2 Å². The number of rotatable bonds is 8. The molecule has 0 aliphatic rings. The molecule has 6 heteroatoms. The van der Waals surface area contributed by atoms with Crippen LogP contribution in [0.3, 0.4) is 0 Å². The minimum Gasteiger partial charge on any atom is -0.385 e. The molecule has 0 N–H and O–H groups in total. The lowest BCUT2D eigenvalue weighted by Gasteiger charge is -2.28. The fraction of sp³-hybridized carbons (Fsp3) is 0.562. The van der Waals surface area contributed by atoms with Gasteiger partial charge in [-0.15, -0.1) is 0 Å². The van der Waals surface area contributed by atoms with Crippen LogP contribution < -0.4 is 0 Å². The number of hydrogen-bond donors (Lipinski definition) is 0. The highest BCUT2D eigenvalue weighted by Gasteiger charge is 2.22. The third-order valence-corrected chi connectivity index (χ3v) is 4.07. The molecule has 124 valence electrons. The summed E-state index contributed by atoms with van der Waals surface area (Å²) in [5.41, 5.74) is 0.342. The number of ether oxygens (including phenoxy) is 1. The van der Waals surface area contributed by atoms with Gasteiger partial charge in [-0.3, -0.25) is 9.69 Å². The van der Waals surface area contributed by atoms with E-state index in [-0.39, 0.29) is 18.5 Å². The monoisotopic (exact) mass is 330 g/mol. The van der Waals surface area contributed by atoms with Gasteiger partial charge >= 0.3 is 0 Å². The van der Waals surface area contributed by atoms with Gasteiger partial charge in [0.15, 0.2) is 0 Å². The van der Waals surface area contributed by atoms with E-state index in [1.807, 2.05) is 18.9 Å². The topological polar surface area (TPSA) is 32.8 Å². The lowest BCUT2D eigenvalue weighted by molar-refractivity contribution is -0.135. The van der Waals surface area contributed by atoms with Crippen molar-refractivity contribution in [2.75, 3.05) is 34.4 Å². The summed E-state index contributed by atoms with van der Waals surface area (Å²) in [6.07, 6.45) is 0.855. The third kappa shape index (κ3) is 5.23. The molecule has 0 bridgehead atoms. The maximum absolute atomic E-state index is 13.8. The number of hydrogen-bond acceptors (Lipinski definition) is 3. The lowest BCUT2D eigenvalue weighted by Crippen LogP contribution is -2.44. The molecule has 0 radical (unpaired) electrons. The van der Waals surface area contributed by atoms with E-state index < -0.39 is 5.82 Å². The highest BCUT2D eigenvalue weighted by atomic mass is 35.5. The summed E-state index contributed by atoms with van der Waals surface area (Å²) in [5.74, 6) is -0.465. The number of methoxy groups -OCH3 is 1. The molecule has 0 heterocycles. The number of nitrogens with zero attached hydrogens (tertiary/aromatic N) is 2. The van der Waals surface area contributed by atoms with Gasteiger partial charge in [0.05, 0.1) is 6.04 Å². The van der Waals surface area contributed by atoms with Crippen molar-refractivity contribution in [3.8, 4) is 0 Å². The quantitative estimate of drug-likeness (QED) is 0.687. The second kappa shape index (κ2) is 9.08. The Kier molecular flexibility index (Phi) is 7.79. The minimum atomic E-state index is -0.395. The molecule has 1 rings (SSSR count). The molecule has 0 saturated heterocycles. The standard InChI is InChI=1S/C16H24ClFN2O2/c1-12(19(2)9-6-10-22-4)16(21)20(3)11-13-14(17)7-5-8-15(13)18/h5,7-8,12H,6,9-11H2,1-4H3. The number of amides is 1. The zero-order valence-electron chi connectivity index (χ0n) is 13.6. The number of carbonyl (C=O) groups is 1. The first-order valence-electron chi connectivity index (χ1n) is 7.25. The van der Waals surface area contributed by atoms with E-state index in [0.29, 0.717) is 17.2 Å². The number of halogens is 2. The Labute approximate surface area is 136 Å². The van der Waals surface area contributed by atoms with E-state index in [9.17, 15) is 9.18 Å². The average molecular weight is 331 g/mol. The molecule has 1 atom stereocenters. The van der Waals surface area contributed by atoms with E-state index in [1.165, 1.54) is 11.0 Å². The van der Waals surface area contributed by atoms with Crippen LogP contribution >= 0.6 is 11.6 Å². The largest absolute Gasteiger partial charge is 0.385 e. The summed E-state index contributed by atoms with van der Waals surface area (Å²) in [5, 5.41) is 0.334. The first-order chi connectivity index (χ1) is 10.4. The van der Waals surface area contributed by atoms with Crippen molar-refractivity contribution in [1.82, 2.24) is 9.80 Å². The molecular formula is C16H24ClFN2O2. The van der Waals surface area contributed by atoms with E-state index in [0.717, 1.165) is 13.0 Å². The Bertz CT molecular complexity index is 479. The van der Waals surface area contributed by atoms with Crippen LogP contribution in [0.2, 0.25) is 5.02 Å². The molecule has 0 spiro atoms. The normalized spacial score (nSPS) is 12.5. The predicted octanol–water partition coefficient (Wildman–Crippen LogP) is 2.79. The Morgan fingerprint density at radius 2 is 2.09 bits per heavy atom. The highest BCUT2D eigenvalue weighted by molar-refractivity contribution is 6.31. The Morgan fingerprint density at radius 3 is 2.68 bits per heavy atom. The molecule has 0 aliphatic heterocycles. The second-order valence-corrected chi connectivity index (χ2v) is 5.80. The van der Waals surface area contributed by atoms with E-state index in [4.69, 9.17) is 16.3 Å². The van der Waals surface area contributed by atoms with Gasteiger partial charge in [0.25, 0.3) is 0 Å². The Morgan fingerprint density at radius 1 is 1.41 bits per heavy atom. The number of likely N-dealkylation sites (N-methyl/N-ethyl adjacent to an activating group) is 2. The Hall–Kier alpha value is -1.17. The van der Waals surface area contributed by atoms with Gasteiger partial charge in [0.2, 0.25) is 5.91 Å². The van der Waals surface area contributed by atoms with Crippen LogP contribution in [0.5, 0.6) is 0 Å². The smallest absolute Gasteiger partial charge is 0.239 e. The van der Waals surface area contributed by atoms with Crippen molar-refractivity contribution in [3.05, 3.63) is 34.6 Å². The zero-order chi connectivity index (χ0) is 16.7. The van der Waals surface area contributed by atoms with Crippen LogP contribution in [0.1, 0.15) is 18.9 Å². The molecule has 1 unspecified atom stereocenters. The predicted molar refractivity (Wildman–Crippen MR) is 86.5 cm³/mol. The maximum atomic E-state index is 13.8. The molecule has 0 aromatic heterocycles. The fourth-order valence-corrected chi connectivity index (χ4v) is 2.38. The van der Waals surface area contributed by atoms with E-state index >= 15 is 0 Å². The van der Waals surface area contributed by atoms with Crippen LogP contribution in [0, 0.1) is 5.82 Å². The van der Waals surface area contributed by atoms with E-state index in [1.54, 1.807) is 26.3 Å². The van der Waals surface area contributed by atoms with Crippen molar-refractivity contribution in [3.63, 3.8) is 0 Å². The molecule has 0 aliphatic carbocycles. The van der Waals surface area contributed by atoms with Gasteiger partial charge in [-0.2, -0.15) is 0 Å². The summed E-state index contributed by atoms with van der Waals surface area (Å²) in [7, 11) is 5.20. The molecule has 1 amide bonds. The average Bonchev–Trinajstić information content (AvgIpc) is 2.49. The summed E-state index contributed by atoms with van der Waals surface area (Å²) < 4.78 is 18.8. The van der Waals surface area contributed by atoms with Crippen LogP contribution in [-0.2, 0) is 16.1 Å². The Balaban J connectivity index is 2.64. The molecule has 1 aromatic rings. The SMILES string of the molecule is COCCCN(C)C(C)C(=O)N(C)Cc1c(F)cccc1Cl. The summed E-state index contributed by atoms with van der Waals surface area (Å²) >= 11 is 6.00. The van der Waals surface area contributed by atoms with Crippen molar-refractivity contribution < 1.29 is 13.9 Å². The third-order valence-electron chi connectivity index (χ3n) is 3.71. The van der Waals surface area contributed by atoms with Crippen molar-refractivity contribution in [2.24, 2.45) is 0 Å². The van der Waals surface area contributed by atoms with Crippen LogP contribution in [0.4, 0.5) is 4.39 Å². The van der Waals surface area contributed by atoms with Crippen molar-refractivity contribution in [2.45, 2.75) is 25.9 Å². The van der Waals surface area contributed by atoms with E-state index in [2.05, 4.69) is 0 Å². The molecule has 0 saturated carbocycles. The lowest BCUT2D eigenvalue weighted by atomic mass is 10.1. The summed E-state index contributed by atoms with van der Waals surface area (Å²) in [6.45, 7) is 3.41. The zero-order valence-corrected chi connectivity index (χ0v) is 14.4. The highest BCUT2D eigenvalue weighted by Crippen LogP contribution is 2.20. The molecule has 4 nitrogen and oxygen atoms in total.